The van der Waals surface area contributed by atoms with Crippen molar-refractivity contribution in [2.45, 2.75) is 32.9 Å². The number of H-pyrrole nitrogens is 1. The van der Waals surface area contributed by atoms with Crippen LogP contribution >= 0.6 is 0 Å². The van der Waals surface area contributed by atoms with Gasteiger partial charge in [0.25, 0.3) is 5.91 Å². The van der Waals surface area contributed by atoms with Gasteiger partial charge in [-0.25, -0.2) is 9.97 Å². The van der Waals surface area contributed by atoms with Gasteiger partial charge >= 0.3 is 0 Å². The summed E-state index contributed by atoms with van der Waals surface area (Å²) in [5, 5.41) is 4.35. The van der Waals surface area contributed by atoms with Gasteiger partial charge < -0.3 is 29.6 Å². The maximum absolute atomic E-state index is 12.6. The van der Waals surface area contributed by atoms with Gasteiger partial charge in [-0.15, -0.1) is 0 Å². The van der Waals surface area contributed by atoms with Crippen molar-refractivity contribution in [1.29, 1.82) is 0 Å². The second-order valence-electron chi connectivity index (χ2n) is 8.41. The van der Waals surface area contributed by atoms with Crippen LogP contribution in [-0.2, 0) is 11.3 Å². The molecule has 0 saturated heterocycles. The van der Waals surface area contributed by atoms with E-state index in [0.717, 1.165) is 41.8 Å². The van der Waals surface area contributed by atoms with Crippen molar-refractivity contribution in [3.8, 4) is 11.5 Å². The second-order valence-corrected chi connectivity index (χ2v) is 8.41. The molecule has 32 heavy (non-hydrogen) atoms. The molecule has 3 heterocycles. The molecule has 9 heteroatoms. The van der Waals surface area contributed by atoms with E-state index in [1.807, 2.05) is 45.3 Å². The molecular formula is C23H30N6O3. The number of ether oxygens (including phenoxy) is 2. The van der Waals surface area contributed by atoms with E-state index in [4.69, 9.17) is 9.47 Å². The molecule has 1 aromatic carbocycles. The molecule has 0 unspecified atom stereocenters. The molecule has 0 radical (unpaired) electrons. The van der Waals surface area contributed by atoms with E-state index in [1.165, 1.54) is 6.33 Å². The second kappa shape index (κ2) is 9.44. The van der Waals surface area contributed by atoms with Crippen LogP contribution in [0.25, 0.3) is 11.0 Å². The molecule has 1 aliphatic rings. The number of carbonyl (C=O) groups is 1. The number of fused-ring (bicyclic) bond motifs is 2. The van der Waals surface area contributed by atoms with Crippen LogP contribution in [0.2, 0.25) is 0 Å². The number of hydrogen-bond donors (Lipinski definition) is 2. The summed E-state index contributed by atoms with van der Waals surface area (Å²) in [7, 11) is 3.88. The van der Waals surface area contributed by atoms with Gasteiger partial charge in [-0.05, 0) is 51.6 Å². The Kier molecular flexibility index (Phi) is 6.45. The summed E-state index contributed by atoms with van der Waals surface area (Å²) < 4.78 is 11.8. The normalized spacial score (nSPS) is 16.2. The summed E-state index contributed by atoms with van der Waals surface area (Å²) in [4.78, 5) is 28.6. The molecule has 2 bridgehead atoms. The summed E-state index contributed by atoms with van der Waals surface area (Å²) >= 11 is 0. The third-order valence-electron chi connectivity index (χ3n) is 5.37. The van der Waals surface area contributed by atoms with Crippen LogP contribution in [-0.4, -0.2) is 70.6 Å². The number of rotatable bonds is 2. The highest BCUT2D eigenvalue weighted by atomic mass is 16.5. The molecule has 3 aromatic rings. The van der Waals surface area contributed by atoms with Crippen molar-refractivity contribution in [2.75, 3.05) is 39.1 Å². The quantitative estimate of drug-likeness (QED) is 0.634. The van der Waals surface area contributed by atoms with Gasteiger partial charge in [0.15, 0.2) is 18.1 Å². The molecule has 0 saturated carbocycles. The molecule has 0 spiro atoms. The van der Waals surface area contributed by atoms with Crippen molar-refractivity contribution >= 4 is 28.4 Å². The van der Waals surface area contributed by atoms with Crippen molar-refractivity contribution in [3.63, 3.8) is 0 Å². The molecule has 0 atom stereocenters. The summed E-state index contributed by atoms with van der Waals surface area (Å²) in [6.07, 6.45) is 4.36. The Morgan fingerprint density at radius 1 is 1.19 bits per heavy atom. The van der Waals surface area contributed by atoms with E-state index in [9.17, 15) is 4.79 Å². The third-order valence-corrected chi connectivity index (χ3v) is 5.37. The fraction of sp³-hybridized carbons (Fsp3) is 0.435. The van der Waals surface area contributed by atoms with Gasteiger partial charge in [-0.3, -0.25) is 4.79 Å². The average molecular weight is 439 g/mol. The maximum Gasteiger partial charge on any atom is 0.260 e. The zero-order valence-corrected chi connectivity index (χ0v) is 19.0. The van der Waals surface area contributed by atoms with E-state index in [0.29, 0.717) is 23.9 Å². The Balaban J connectivity index is 1.74. The van der Waals surface area contributed by atoms with Crippen LogP contribution in [0, 0.1) is 0 Å². The first kappa shape index (κ1) is 21.9. The van der Waals surface area contributed by atoms with Crippen LogP contribution in [0.1, 0.15) is 25.8 Å². The highest BCUT2D eigenvalue weighted by Crippen LogP contribution is 2.34. The van der Waals surface area contributed by atoms with Crippen LogP contribution in [0.5, 0.6) is 11.5 Å². The van der Waals surface area contributed by atoms with E-state index < -0.39 is 0 Å². The first-order valence-corrected chi connectivity index (χ1v) is 10.8. The standard InChI is InChI=1S/C23H30N6O3/c1-15(2)32-18-7-6-17-10-19(18)31-13-20(30)29(4)9-5-8-28(3)12-16-11-24-22-21(16)23(27-17)26-14-25-22/h6-7,10-11,14-15H,5,8-9,12-13H2,1-4H3,(H2,24,25,26,27). The minimum absolute atomic E-state index is 0.0201. The minimum Gasteiger partial charge on any atom is -0.487 e. The van der Waals surface area contributed by atoms with Gasteiger partial charge in [0.2, 0.25) is 0 Å². The van der Waals surface area contributed by atoms with Gasteiger partial charge in [-0.2, -0.15) is 0 Å². The molecule has 170 valence electrons. The molecular weight excluding hydrogens is 408 g/mol. The predicted octanol–water partition coefficient (Wildman–Crippen LogP) is 3.16. The Bertz CT molecular complexity index is 1100. The van der Waals surface area contributed by atoms with Gasteiger partial charge in [0.1, 0.15) is 17.8 Å². The minimum atomic E-state index is -0.0703. The number of anilines is 2. The first-order chi connectivity index (χ1) is 15.4. The fourth-order valence-corrected chi connectivity index (χ4v) is 3.75. The summed E-state index contributed by atoms with van der Waals surface area (Å²) in [6.45, 7) is 6.11. The Hall–Kier alpha value is -3.33. The lowest BCUT2D eigenvalue weighted by Crippen LogP contribution is -2.33. The molecule has 0 aliphatic carbocycles. The number of amides is 1. The smallest absolute Gasteiger partial charge is 0.260 e. The highest BCUT2D eigenvalue weighted by Gasteiger charge is 2.17. The largest absolute Gasteiger partial charge is 0.487 e. The predicted molar refractivity (Wildman–Crippen MR) is 123 cm³/mol. The number of carbonyl (C=O) groups excluding carboxylic acids is 1. The fourth-order valence-electron chi connectivity index (χ4n) is 3.75. The first-order valence-electron chi connectivity index (χ1n) is 10.8. The number of nitrogens with one attached hydrogen (secondary N) is 2. The van der Waals surface area contributed by atoms with Crippen molar-refractivity contribution in [1.82, 2.24) is 24.8 Å². The number of aromatic amines is 1. The molecule has 0 fully saturated rings. The lowest BCUT2D eigenvalue weighted by Gasteiger charge is -2.22. The maximum atomic E-state index is 12.6. The lowest BCUT2D eigenvalue weighted by molar-refractivity contribution is -0.132. The van der Waals surface area contributed by atoms with Crippen LogP contribution in [0.3, 0.4) is 0 Å². The highest BCUT2D eigenvalue weighted by molar-refractivity contribution is 5.92. The van der Waals surface area contributed by atoms with Gasteiger partial charge in [0.05, 0.1) is 11.5 Å². The average Bonchev–Trinajstić information content (AvgIpc) is 3.16. The zero-order chi connectivity index (χ0) is 22.7. The topological polar surface area (TPSA) is 95.6 Å². The van der Waals surface area contributed by atoms with E-state index in [1.54, 1.807) is 4.90 Å². The van der Waals surface area contributed by atoms with E-state index >= 15 is 0 Å². The van der Waals surface area contributed by atoms with Crippen LogP contribution in [0.15, 0.2) is 30.7 Å². The Morgan fingerprint density at radius 2 is 2.03 bits per heavy atom. The number of likely N-dealkylation sites (N-methyl/N-ethyl adjacent to an activating group) is 1. The van der Waals surface area contributed by atoms with Crippen molar-refractivity contribution in [2.24, 2.45) is 0 Å². The molecule has 4 rings (SSSR count). The lowest BCUT2D eigenvalue weighted by atomic mass is 10.2. The van der Waals surface area contributed by atoms with Crippen molar-refractivity contribution in [3.05, 3.63) is 36.3 Å². The molecule has 1 aliphatic heterocycles. The molecule has 2 N–H and O–H groups in total. The van der Waals surface area contributed by atoms with E-state index in [-0.39, 0.29) is 18.6 Å². The monoisotopic (exact) mass is 438 g/mol. The Morgan fingerprint density at radius 3 is 2.84 bits per heavy atom. The van der Waals surface area contributed by atoms with Gasteiger partial charge in [0, 0.05) is 38.1 Å². The molecule has 2 aromatic heterocycles. The number of hydrogen-bond acceptors (Lipinski definition) is 7. The SMILES string of the molecule is CC(C)Oc1ccc2cc1OCC(=O)N(C)CCCN(C)Cc1c[nH]c3ncnc(c13)N2. The summed E-state index contributed by atoms with van der Waals surface area (Å²) in [5.74, 6) is 1.75. The van der Waals surface area contributed by atoms with Crippen LogP contribution < -0.4 is 14.8 Å². The Labute approximate surface area is 187 Å². The number of aromatic nitrogens is 3. The van der Waals surface area contributed by atoms with E-state index in [2.05, 4.69) is 32.2 Å². The summed E-state index contributed by atoms with van der Waals surface area (Å²) in [6, 6.07) is 5.59. The van der Waals surface area contributed by atoms with Gasteiger partial charge in [-0.1, -0.05) is 0 Å². The summed E-state index contributed by atoms with van der Waals surface area (Å²) in [5.41, 5.74) is 2.68. The van der Waals surface area contributed by atoms with Crippen molar-refractivity contribution < 1.29 is 14.3 Å². The number of nitrogens with zero attached hydrogens (tertiary/aromatic N) is 4. The zero-order valence-electron chi connectivity index (χ0n) is 19.0. The van der Waals surface area contributed by atoms with Crippen LogP contribution in [0.4, 0.5) is 11.5 Å². The molecule has 9 nitrogen and oxygen atoms in total. The third kappa shape index (κ3) is 4.94. The number of benzene rings is 1. The molecule has 1 amide bonds.